The minimum absolute atomic E-state index is 0.731. The van der Waals surface area contributed by atoms with Crippen molar-refractivity contribution >= 4 is 0 Å². The van der Waals surface area contributed by atoms with Crippen molar-refractivity contribution in [3.8, 4) is 5.75 Å². The summed E-state index contributed by atoms with van der Waals surface area (Å²) in [7, 11) is 1.64. The zero-order valence-corrected chi connectivity index (χ0v) is 12.2. The molecule has 0 saturated carbocycles. The third-order valence-corrected chi connectivity index (χ3v) is 3.66. The molecule has 106 valence electrons. The van der Waals surface area contributed by atoms with Crippen LogP contribution in [0, 0.1) is 0 Å². The number of aryl methyl sites for hydroxylation is 1. The minimum Gasteiger partial charge on any atom is -0.497 e. The predicted octanol–water partition coefficient (Wildman–Crippen LogP) is 3.93. The highest BCUT2D eigenvalue weighted by molar-refractivity contribution is 5.31. The van der Waals surface area contributed by atoms with E-state index in [1.165, 1.54) is 5.56 Å². The first-order chi connectivity index (χ1) is 9.62. The van der Waals surface area contributed by atoms with E-state index in [1.807, 2.05) is 37.3 Å². The van der Waals surface area contributed by atoms with E-state index in [1.54, 1.807) is 7.11 Å². The summed E-state index contributed by atoms with van der Waals surface area (Å²) >= 11 is 0. The van der Waals surface area contributed by atoms with E-state index in [0.29, 0.717) is 0 Å². The Bertz CT molecular complexity index is 532. The highest BCUT2D eigenvalue weighted by Gasteiger charge is 2.22. The molecule has 0 aromatic heterocycles. The molecule has 2 nitrogen and oxygen atoms in total. The van der Waals surface area contributed by atoms with Gasteiger partial charge in [0.15, 0.2) is 0 Å². The molecule has 0 aliphatic heterocycles. The van der Waals surface area contributed by atoms with Gasteiger partial charge in [-0.25, -0.2) is 0 Å². The van der Waals surface area contributed by atoms with Crippen LogP contribution in [0.2, 0.25) is 0 Å². The summed E-state index contributed by atoms with van der Waals surface area (Å²) in [6, 6.07) is 18.0. The highest BCUT2D eigenvalue weighted by Crippen LogP contribution is 2.29. The third-order valence-electron chi connectivity index (χ3n) is 3.66. The minimum atomic E-state index is -0.816. The van der Waals surface area contributed by atoms with Crippen molar-refractivity contribution in [2.24, 2.45) is 0 Å². The molecule has 0 aliphatic rings. The molecule has 0 bridgehead atoms. The van der Waals surface area contributed by atoms with Gasteiger partial charge < -0.3 is 9.84 Å². The average molecular weight is 270 g/mol. The first-order valence-electron chi connectivity index (χ1n) is 7.03. The number of benzene rings is 2. The first kappa shape index (κ1) is 14.6. The van der Waals surface area contributed by atoms with Crippen molar-refractivity contribution in [2.75, 3.05) is 7.11 Å². The fourth-order valence-electron chi connectivity index (χ4n) is 2.38. The molecule has 0 heterocycles. The van der Waals surface area contributed by atoms with Crippen LogP contribution in [0.5, 0.6) is 5.75 Å². The molecule has 2 aromatic carbocycles. The Morgan fingerprint density at radius 2 is 1.80 bits per heavy atom. The lowest BCUT2D eigenvalue weighted by Crippen LogP contribution is -2.21. The molecule has 0 saturated heterocycles. The Morgan fingerprint density at radius 1 is 1.05 bits per heavy atom. The smallest absolute Gasteiger partial charge is 0.119 e. The number of methoxy groups -OCH3 is 1. The zero-order chi connectivity index (χ0) is 14.4. The molecule has 2 heteroatoms. The molecular formula is C18H22O2. The molecule has 0 radical (unpaired) electrons. The van der Waals surface area contributed by atoms with Crippen LogP contribution in [0.15, 0.2) is 54.6 Å². The summed E-state index contributed by atoms with van der Waals surface area (Å²) in [6.07, 6.45) is 2.67. The van der Waals surface area contributed by atoms with E-state index in [-0.39, 0.29) is 0 Å². The number of ether oxygens (including phenoxy) is 1. The molecule has 0 spiro atoms. The van der Waals surface area contributed by atoms with Crippen LogP contribution in [0.4, 0.5) is 0 Å². The average Bonchev–Trinajstić information content (AvgIpc) is 2.48. The van der Waals surface area contributed by atoms with Crippen LogP contribution < -0.4 is 4.74 Å². The lowest BCUT2D eigenvalue weighted by Gasteiger charge is -2.24. The molecular weight excluding hydrogens is 248 g/mol. The second-order valence-electron chi connectivity index (χ2n) is 5.34. The Hall–Kier alpha value is -1.80. The fourth-order valence-corrected chi connectivity index (χ4v) is 2.38. The van der Waals surface area contributed by atoms with Crippen LogP contribution in [0.25, 0.3) is 0 Å². The zero-order valence-electron chi connectivity index (χ0n) is 12.2. The second-order valence-corrected chi connectivity index (χ2v) is 5.34. The van der Waals surface area contributed by atoms with Crippen LogP contribution in [-0.2, 0) is 12.0 Å². The Morgan fingerprint density at radius 3 is 2.50 bits per heavy atom. The van der Waals surface area contributed by atoms with Crippen molar-refractivity contribution in [1.82, 2.24) is 0 Å². The maximum atomic E-state index is 10.6. The largest absolute Gasteiger partial charge is 0.497 e. The molecule has 1 unspecified atom stereocenters. The summed E-state index contributed by atoms with van der Waals surface area (Å²) in [5.41, 5.74) is 1.41. The van der Waals surface area contributed by atoms with E-state index in [9.17, 15) is 5.11 Å². The normalized spacial score (nSPS) is 13.8. The first-order valence-corrected chi connectivity index (χ1v) is 7.03. The van der Waals surface area contributed by atoms with Gasteiger partial charge in [-0.05, 0) is 49.4 Å². The van der Waals surface area contributed by atoms with E-state index >= 15 is 0 Å². The summed E-state index contributed by atoms with van der Waals surface area (Å²) < 4.78 is 5.21. The van der Waals surface area contributed by atoms with Gasteiger partial charge >= 0.3 is 0 Å². The molecule has 1 N–H and O–H groups in total. The van der Waals surface area contributed by atoms with E-state index in [2.05, 4.69) is 24.3 Å². The fraction of sp³-hybridized carbons (Fsp3) is 0.333. The summed E-state index contributed by atoms with van der Waals surface area (Å²) in [5, 5.41) is 10.6. The number of hydrogen-bond acceptors (Lipinski definition) is 2. The predicted molar refractivity (Wildman–Crippen MR) is 81.9 cm³/mol. The van der Waals surface area contributed by atoms with Gasteiger partial charge in [0, 0.05) is 0 Å². The van der Waals surface area contributed by atoms with Gasteiger partial charge in [0.05, 0.1) is 12.7 Å². The van der Waals surface area contributed by atoms with Crippen LogP contribution in [0.3, 0.4) is 0 Å². The van der Waals surface area contributed by atoms with Gasteiger partial charge in [-0.3, -0.25) is 0 Å². The second kappa shape index (κ2) is 6.58. The molecule has 0 amide bonds. The Labute approximate surface area is 121 Å². The van der Waals surface area contributed by atoms with Crippen molar-refractivity contribution < 1.29 is 9.84 Å². The van der Waals surface area contributed by atoms with Gasteiger partial charge in [0.25, 0.3) is 0 Å². The van der Waals surface area contributed by atoms with Crippen molar-refractivity contribution in [3.05, 3.63) is 65.7 Å². The Balaban J connectivity index is 1.96. The van der Waals surface area contributed by atoms with Crippen LogP contribution in [0.1, 0.15) is 30.9 Å². The maximum absolute atomic E-state index is 10.6. The summed E-state index contributed by atoms with van der Waals surface area (Å²) in [6.45, 7) is 1.87. The number of aliphatic hydroxyl groups is 1. The quantitative estimate of drug-likeness (QED) is 0.862. The Kier molecular flexibility index (Phi) is 4.80. The van der Waals surface area contributed by atoms with E-state index in [4.69, 9.17) is 4.74 Å². The summed E-state index contributed by atoms with van der Waals surface area (Å²) in [5.74, 6) is 0.783. The SMILES string of the molecule is COc1cccc(C(C)(O)CCCc2ccccc2)c1. The van der Waals surface area contributed by atoms with Gasteiger partial charge in [0.1, 0.15) is 5.75 Å². The third kappa shape index (κ3) is 3.84. The highest BCUT2D eigenvalue weighted by atomic mass is 16.5. The van der Waals surface area contributed by atoms with Gasteiger partial charge in [-0.15, -0.1) is 0 Å². The van der Waals surface area contributed by atoms with Gasteiger partial charge in [0.2, 0.25) is 0 Å². The monoisotopic (exact) mass is 270 g/mol. The molecule has 0 aliphatic carbocycles. The lowest BCUT2D eigenvalue weighted by molar-refractivity contribution is 0.0454. The molecule has 2 rings (SSSR count). The molecule has 1 atom stereocenters. The molecule has 20 heavy (non-hydrogen) atoms. The topological polar surface area (TPSA) is 29.5 Å². The van der Waals surface area contributed by atoms with E-state index < -0.39 is 5.60 Å². The van der Waals surface area contributed by atoms with Crippen molar-refractivity contribution in [3.63, 3.8) is 0 Å². The standard InChI is InChI=1S/C18H22O2/c1-18(19,16-11-6-12-17(14-16)20-2)13-7-10-15-8-4-3-5-9-15/h3-6,8-9,11-12,14,19H,7,10,13H2,1-2H3. The molecule has 2 aromatic rings. The van der Waals surface area contributed by atoms with Gasteiger partial charge in [-0.1, -0.05) is 42.5 Å². The van der Waals surface area contributed by atoms with Crippen LogP contribution >= 0.6 is 0 Å². The van der Waals surface area contributed by atoms with Crippen molar-refractivity contribution in [2.45, 2.75) is 31.8 Å². The van der Waals surface area contributed by atoms with Crippen LogP contribution in [-0.4, -0.2) is 12.2 Å². The number of hydrogen-bond donors (Lipinski definition) is 1. The lowest BCUT2D eigenvalue weighted by atomic mass is 9.89. The summed E-state index contributed by atoms with van der Waals surface area (Å²) in [4.78, 5) is 0. The number of rotatable bonds is 6. The van der Waals surface area contributed by atoms with Gasteiger partial charge in [-0.2, -0.15) is 0 Å². The van der Waals surface area contributed by atoms with E-state index in [0.717, 1.165) is 30.6 Å². The van der Waals surface area contributed by atoms with Crippen molar-refractivity contribution in [1.29, 1.82) is 0 Å². The maximum Gasteiger partial charge on any atom is 0.119 e. The molecule has 0 fully saturated rings.